The number of benzene rings is 7. The Balaban J connectivity index is 1.18. The van der Waals surface area contributed by atoms with Crippen LogP contribution in [0.2, 0.25) is 0 Å². The third-order valence-corrected chi connectivity index (χ3v) is 10.6. The van der Waals surface area contributed by atoms with E-state index in [2.05, 4.69) is 186 Å². The number of allylic oxidation sites excluding steroid dienone is 1. The van der Waals surface area contributed by atoms with Gasteiger partial charge in [0.2, 0.25) is 0 Å². The van der Waals surface area contributed by atoms with E-state index in [0.29, 0.717) is 5.92 Å². The smallest absolute Gasteiger partial charge is 0.0548 e. The average molecular weight is 627 g/mol. The minimum atomic E-state index is 0.547. The van der Waals surface area contributed by atoms with Gasteiger partial charge in [-0.15, -0.1) is 0 Å². The van der Waals surface area contributed by atoms with Gasteiger partial charge in [-0.25, -0.2) is 0 Å². The number of hydrogen-bond donors (Lipinski definition) is 0. The molecule has 2 heteroatoms. The summed E-state index contributed by atoms with van der Waals surface area (Å²) in [4.78, 5) is 0. The Bertz CT molecular complexity index is 2740. The predicted molar refractivity (Wildman–Crippen MR) is 208 cm³/mol. The molecule has 0 spiro atoms. The first kappa shape index (κ1) is 27.9. The molecule has 0 saturated carbocycles. The maximum atomic E-state index is 2.46. The van der Waals surface area contributed by atoms with Gasteiger partial charge in [0.05, 0.1) is 22.1 Å². The molecule has 1 atom stereocenters. The second kappa shape index (κ2) is 11.0. The zero-order chi connectivity index (χ0) is 32.5. The zero-order valence-corrected chi connectivity index (χ0v) is 27.3. The van der Waals surface area contributed by atoms with E-state index < -0.39 is 0 Å². The van der Waals surface area contributed by atoms with Crippen LogP contribution < -0.4 is 0 Å². The molecular formula is C47H34N2. The third kappa shape index (κ3) is 4.34. The molecule has 0 bridgehead atoms. The number of aromatic nitrogens is 2. The molecule has 9 aromatic rings. The molecular weight excluding hydrogens is 593 g/mol. The van der Waals surface area contributed by atoms with Crippen molar-refractivity contribution in [3.63, 3.8) is 0 Å². The van der Waals surface area contributed by atoms with Gasteiger partial charge in [0.25, 0.3) is 0 Å². The highest BCUT2D eigenvalue weighted by molar-refractivity contribution is 6.19. The fourth-order valence-corrected chi connectivity index (χ4v) is 8.20. The lowest BCUT2D eigenvalue weighted by molar-refractivity contribution is 0.771. The zero-order valence-electron chi connectivity index (χ0n) is 27.3. The molecule has 232 valence electrons. The van der Waals surface area contributed by atoms with Crippen LogP contribution in [0.4, 0.5) is 0 Å². The highest BCUT2D eigenvalue weighted by Crippen LogP contribution is 2.41. The summed E-state index contributed by atoms with van der Waals surface area (Å²) in [5.41, 5.74) is 15.0. The average Bonchev–Trinajstić information content (AvgIpc) is 3.66. The van der Waals surface area contributed by atoms with Crippen molar-refractivity contribution in [2.75, 3.05) is 0 Å². The highest BCUT2D eigenvalue weighted by Gasteiger charge is 2.20. The standard InChI is InChI=1S/C47H34N2/c1-31-12-11-15-34-28-36(26-27-37(31)34)49-45-21-10-8-19-41(45)43-29-46-42(30-47(43)49)40-18-7-9-20-44(40)48(46)35-24-22-33(23-25-35)39-17-6-5-16-38(39)32-13-3-2-4-14-32/h2-11,13-31H,12H2,1H3. The summed E-state index contributed by atoms with van der Waals surface area (Å²) in [5.74, 6) is 0.547. The first-order valence-corrected chi connectivity index (χ1v) is 17.3. The summed E-state index contributed by atoms with van der Waals surface area (Å²) in [7, 11) is 0. The topological polar surface area (TPSA) is 9.86 Å². The van der Waals surface area contributed by atoms with Crippen molar-refractivity contribution in [2.24, 2.45) is 0 Å². The molecule has 0 saturated heterocycles. The molecule has 1 unspecified atom stereocenters. The monoisotopic (exact) mass is 626 g/mol. The van der Waals surface area contributed by atoms with Crippen molar-refractivity contribution in [3.05, 3.63) is 175 Å². The molecule has 0 fully saturated rings. The Kier molecular flexibility index (Phi) is 6.25. The molecule has 0 N–H and O–H groups in total. The van der Waals surface area contributed by atoms with Crippen molar-refractivity contribution >= 4 is 49.7 Å². The summed E-state index contributed by atoms with van der Waals surface area (Å²) in [6.45, 7) is 2.33. The van der Waals surface area contributed by atoms with E-state index in [1.165, 1.54) is 82.7 Å². The van der Waals surface area contributed by atoms with Crippen LogP contribution in [0.5, 0.6) is 0 Å². The van der Waals surface area contributed by atoms with E-state index in [4.69, 9.17) is 0 Å². The normalized spacial score (nSPS) is 14.3. The van der Waals surface area contributed by atoms with Gasteiger partial charge in [0, 0.05) is 32.9 Å². The van der Waals surface area contributed by atoms with Crippen molar-refractivity contribution < 1.29 is 0 Å². The number of para-hydroxylation sites is 2. The van der Waals surface area contributed by atoms with Crippen LogP contribution in [-0.4, -0.2) is 9.13 Å². The first-order valence-electron chi connectivity index (χ1n) is 17.3. The van der Waals surface area contributed by atoms with E-state index in [1.807, 2.05) is 0 Å². The molecule has 0 amide bonds. The van der Waals surface area contributed by atoms with Crippen LogP contribution in [0.3, 0.4) is 0 Å². The minimum absolute atomic E-state index is 0.547. The quantitative estimate of drug-likeness (QED) is 0.184. The van der Waals surface area contributed by atoms with Crippen molar-refractivity contribution in [1.82, 2.24) is 9.13 Å². The maximum absolute atomic E-state index is 2.46. The third-order valence-electron chi connectivity index (χ3n) is 10.6. The predicted octanol–water partition coefficient (Wildman–Crippen LogP) is 12.7. The molecule has 49 heavy (non-hydrogen) atoms. The van der Waals surface area contributed by atoms with Crippen LogP contribution in [0.1, 0.15) is 30.4 Å². The number of rotatable bonds is 4. The molecule has 0 radical (unpaired) electrons. The summed E-state index contributed by atoms with van der Waals surface area (Å²) >= 11 is 0. The molecule has 10 rings (SSSR count). The summed E-state index contributed by atoms with van der Waals surface area (Å²) in [6, 6.07) is 58.0. The lowest BCUT2D eigenvalue weighted by Crippen LogP contribution is -2.02. The molecule has 1 aliphatic rings. The molecule has 2 aromatic heterocycles. The largest absolute Gasteiger partial charge is 0.309 e. The van der Waals surface area contributed by atoms with Crippen LogP contribution in [0.15, 0.2) is 164 Å². The first-order chi connectivity index (χ1) is 24.2. The highest BCUT2D eigenvalue weighted by atomic mass is 15.0. The van der Waals surface area contributed by atoms with Gasteiger partial charge in [-0.05, 0) is 94.3 Å². The fourth-order valence-electron chi connectivity index (χ4n) is 8.20. The summed E-state index contributed by atoms with van der Waals surface area (Å²) in [6.07, 6.45) is 5.72. The number of fused-ring (bicyclic) bond motifs is 7. The Hall–Kier alpha value is -6.12. The summed E-state index contributed by atoms with van der Waals surface area (Å²) < 4.78 is 4.90. The van der Waals surface area contributed by atoms with Gasteiger partial charge < -0.3 is 9.13 Å². The van der Waals surface area contributed by atoms with Crippen molar-refractivity contribution in [2.45, 2.75) is 19.3 Å². The van der Waals surface area contributed by atoms with Gasteiger partial charge in [-0.2, -0.15) is 0 Å². The van der Waals surface area contributed by atoms with E-state index in [-0.39, 0.29) is 0 Å². The van der Waals surface area contributed by atoms with Crippen LogP contribution >= 0.6 is 0 Å². The Labute approximate surface area is 285 Å². The second-order valence-electron chi connectivity index (χ2n) is 13.4. The SMILES string of the molecule is CC1CC=Cc2cc(-n3c4ccccc4c4cc5c(cc43)c3ccccc3n5-c3ccc(-c4ccccc4-c4ccccc4)cc3)ccc21. The van der Waals surface area contributed by atoms with Crippen molar-refractivity contribution in [1.29, 1.82) is 0 Å². The summed E-state index contributed by atoms with van der Waals surface area (Å²) in [5, 5.41) is 5.06. The molecule has 2 nitrogen and oxygen atoms in total. The minimum Gasteiger partial charge on any atom is -0.309 e. The Morgan fingerprint density at radius 2 is 0.980 bits per heavy atom. The van der Waals surface area contributed by atoms with Gasteiger partial charge in [0.1, 0.15) is 0 Å². The fraction of sp³-hybridized carbons (Fsp3) is 0.0638. The Morgan fingerprint density at radius 3 is 1.63 bits per heavy atom. The van der Waals surface area contributed by atoms with Crippen LogP contribution in [-0.2, 0) is 0 Å². The van der Waals surface area contributed by atoms with E-state index in [1.54, 1.807) is 0 Å². The second-order valence-corrected chi connectivity index (χ2v) is 13.4. The van der Waals surface area contributed by atoms with E-state index in [9.17, 15) is 0 Å². The van der Waals surface area contributed by atoms with Gasteiger partial charge in [-0.1, -0.05) is 128 Å². The van der Waals surface area contributed by atoms with Gasteiger partial charge in [-0.3, -0.25) is 0 Å². The molecule has 0 aliphatic heterocycles. The molecule has 7 aromatic carbocycles. The number of nitrogens with zero attached hydrogens (tertiary/aromatic N) is 2. The number of hydrogen-bond acceptors (Lipinski definition) is 0. The Morgan fingerprint density at radius 1 is 0.449 bits per heavy atom. The van der Waals surface area contributed by atoms with Gasteiger partial charge >= 0.3 is 0 Å². The van der Waals surface area contributed by atoms with E-state index in [0.717, 1.165) is 12.1 Å². The van der Waals surface area contributed by atoms with E-state index >= 15 is 0 Å². The lowest BCUT2D eigenvalue weighted by Gasteiger charge is -2.19. The van der Waals surface area contributed by atoms with Crippen LogP contribution in [0.25, 0.3) is 83.3 Å². The lowest BCUT2D eigenvalue weighted by atomic mass is 9.88. The van der Waals surface area contributed by atoms with Crippen molar-refractivity contribution in [3.8, 4) is 33.6 Å². The molecule has 2 heterocycles. The molecule has 1 aliphatic carbocycles. The maximum Gasteiger partial charge on any atom is 0.0548 e. The van der Waals surface area contributed by atoms with Gasteiger partial charge in [0.15, 0.2) is 0 Å². The van der Waals surface area contributed by atoms with Crippen LogP contribution in [0, 0.1) is 0 Å².